The molecule has 1 rings (SSSR count). The number of hydrogen-bond donors (Lipinski definition) is 3. The molecular formula is C13H19F2N3O. The Labute approximate surface area is 111 Å². The fourth-order valence-corrected chi connectivity index (χ4v) is 1.58. The smallest absolute Gasteiger partial charge is 0.277 e. The first-order valence-electron chi connectivity index (χ1n) is 6.03. The van der Waals surface area contributed by atoms with Gasteiger partial charge in [-0.2, -0.15) is 0 Å². The highest BCUT2D eigenvalue weighted by Crippen LogP contribution is 2.19. The van der Waals surface area contributed by atoms with Crippen molar-refractivity contribution >= 4 is 5.91 Å². The molecule has 0 aliphatic rings. The third kappa shape index (κ3) is 4.57. The van der Waals surface area contributed by atoms with E-state index >= 15 is 0 Å². The van der Waals surface area contributed by atoms with Gasteiger partial charge in [0.25, 0.3) is 5.92 Å². The molecule has 5 N–H and O–H groups in total. The third-order valence-corrected chi connectivity index (χ3v) is 2.96. The van der Waals surface area contributed by atoms with Gasteiger partial charge >= 0.3 is 0 Å². The highest BCUT2D eigenvalue weighted by molar-refractivity contribution is 5.79. The van der Waals surface area contributed by atoms with Crippen molar-refractivity contribution < 1.29 is 13.6 Å². The topological polar surface area (TPSA) is 81.1 Å². The second-order valence-electron chi connectivity index (χ2n) is 4.50. The van der Waals surface area contributed by atoms with Gasteiger partial charge in [0.2, 0.25) is 5.91 Å². The van der Waals surface area contributed by atoms with Gasteiger partial charge in [0.1, 0.15) is 0 Å². The number of benzene rings is 1. The molecular weight excluding hydrogens is 252 g/mol. The van der Waals surface area contributed by atoms with Gasteiger partial charge in [0.05, 0.1) is 19.0 Å². The van der Waals surface area contributed by atoms with Gasteiger partial charge in [-0.05, 0) is 5.56 Å². The molecule has 1 aromatic carbocycles. The van der Waals surface area contributed by atoms with Crippen LogP contribution in [0.25, 0.3) is 0 Å². The molecule has 0 heterocycles. The third-order valence-electron chi connectivity index (χ3n) is 2.96. The van der Waals surface area contributed by atoms with E-state index in [4.69, 9.17) is 11.5 Å². The van der Waals surface area contributed by atoms with Crippen molar-refractivity contribution in [2.45, 2.75) is 18.9 Å². The van der Waals surface area contributed by atoms with Gasteiger partial charge in [-0.1, -0.05) is 37.3 Å². The normalized spacial score (nSPS) is 14.8. The lowest BCUT2D eigenvalue weighted by atomic mass is 9.94. The maximum absolute atomic E-state index is 12.9. The van der Waals surface area contributed by atoms with Crippen LogP contribution in [0.4, 0.5) is 8.78 Å². The molecule has 0 saturated heterocycles. The summed E-state index contributed by atoms with van der Waals surface area (Å²) in [7, 11) is 0. The predicted octanol–water partition coefficient (Wildman–Crippen LogP) is 1.03. The standard InChI is InChI=1S/C13H19F2N3O/c1-9(11(17)10-5-3-2-4-6-10)12(19)18-8-13(14,15)7-16/h2-6,9,11H,7-8,16-17H2,1H3,(H,18,19). The Morgan fingerprint density at radius 2 is 1.95 bits per heavy atom. The number of rotatable bonds is 6. The second-order valence-corrected chi connectivity index (χ2v) is 4.50. The minimum Gasteiger partial charge on any atom is -0.350 e. The highest BCUT2D eigenvalue weighted by atomic mass is 19.3. The lowest BCUT2D eigenvalue weighted by Crippen LogP contribution is -2.44. The van der Waals surface area contributed by atoms with Gasteiger partial charge in [-0.25, -0.2) is 8.78 Å². The Morgan fingerprint density at radius 1 is 1.37 bits per heavy atom. The fraction of sp³-hybridized carbons (Fsp3) is 0.462. The van der Waals surface area contributed by atoms with E-state index in [2.05, 4.69) is 5.32 Å². The van der Waals surface area contributed by atoms with E-state index in [1.807, 2.05) is 18.2 Å². The van der Waals surface area contributed by atoms with Crippen molar-refractivity contribution in [1.29, 1.82) is 0 Å². The van der Waals surface area contributed by atoms with E-state index in [9.17, 15) is 13.6 Å². The SMILES string of the molecule is CC(C(=O)NCC(F)(F)CN)C(N)c1ccccc1. The average Bonchev–Trinajstić information content (AvgIpc) is 2.44. The number of amides is 1. The van der Waals surface area contributed by atoms with Crippen molar-refractivity contribution in [2.24, 2.45) is 17.4 Å². The zero-order chi connectivity index (χ0) is 14.5. The summed E-state index contributed by atoms with van der Waals surface area (Å²) in [5.41, 5.74) is 11.6. The first-order chi connectivity index (χ1) is 8.87. The zero-order valence-electron chi connectivity index (χ0n) is 10.8. The minimum absolute atomic E-state index is 0.510. The number of nitrogens with one attached hydrogen (secondary N) is 1. The summed E-state index contributed by atoms with van der Waals surface area (Å²) in [5, 5.41) is 2.18. The van der Waals surface area contributed by atoms with Crippen molar-refractivity contribution in [3.8, 4) is 0 Å². The van der Waals surface area contributed by atoms with Crippen LogP contribution in [0.2, 0.25) is 0 Å². The number of alkyl halides is 2. The van der Waals surface area contributed by atoms with E-state index < -0.39 is 36.9 Å². The van der Waals surface area contributed by atoms with Crippen LogP contribution in [0.15, 0.2) is 30.3 Å². The van der Waals surface area contributed by atoms with Crippen LogP contribution in [-0.2, 0) is 4.79 Å². The molecule has 6 heteroatoms. The molecule has 2 atom stereocenters. The Morgan fingerprint density at radius 3 is 2.47 bits per heavy atom. The fourth-order valence-electron chi connectivity index (χ4n) is 1.58. The van der Waals surface area contributed by atoms with Gasteiger partial charge in [0, 0.05) is 6.04 Å². The predicted molar refractivity (Wildman–Crippen MR) is 69.5 cm³/mol. The van der Waals surface area contributed by atoms with Crippen molar-refractivity contribution in [3.05, 3.63) is 35.9 Å². The van der Waals surface area contributed by atoms with Gasteiger partial charge in [-0.15, -0.1) is 0 Å². The van der Waals surface area contributed by atoms with E-state index in [0.29, 0.717) is 0 Å². The summed E-state index contributed by atoms with van der Waals surface area (Å²) in [6.45, 7) is 0.0359. The largest absolute Gasteiger partial charge is 0.350 e. The van der Waals surface area contributed by atoms with Gasteiger partial charge in [0.15, 0.2) is 0 Å². The maximum atomic E-state index is 12.9. The molecule has 1 amide bonds. The Kier molecular flexibility index (Phi) is 5.38. The van der Waals surface area contributed by atoms with Crippen molar-refractivity contribution in [1.82, 2.24) is 5.32 Å². The monoisotopic (exact) mass is 271 g/mol. The molecule has 0 aromatic heterocycles. The Balaban J connectivity index is 2.58. The van der Waals surface area contributed by atoms with Crippen LogP contribution in [0, 0.1) is 5.92 Å². The van der Waals surface area contributed by atoms with Crippen LogP contribution in [0.5, 0.6) is 0 Å². The summed E-state index contributed by atoms with van der Waals surface area (Å²) in [5.74, 6) is -4.20. The molecule has 0 saturated carbocycles. The molecule has 19 heavy (non-hydrogen) atoms. The quantitative estimate of drug-likeness (QED) is 0.723. The molecule has 106 valence electrons. The van der Waals surface area contributed by atoms with E-state index in [1.165, 1.54) is 0 Å². The lowest BCUT2D eigenvalue weighted by molar-refractivity contribution is -0.126. The summed E-state index contributed by atoms with van der Waals surface area (Å²) >= 11 is 0. The number of nitrogens with two attached hydrogens (primary N) is 2. The summed E-state index contributed by atoms with van der Waals surface area (Å²) in [4.78, 5) is 11.8. The van der Waals surface area contributed by atoms with Crippen LogP contribution >= 0.6 is 0 Å². The molecule has 0 aliphatic carbocycles. The molecule has 0 fully saturated rings. The number of carbonyl (C=O) groups excluding carboxylic acids is 1. The number of halogens is 2. The van der Waals surface area contributed by atoms with Crippen LogP contribution in [0.3, 0.4) is 0 Å². The summed E-state index contributed by atoms with van der Waals surface area (Å²) < 4.78 is 25.9. The molecule has 1 aromatic rings. The van der Waals surface area contributed by atoms with Gasteiger partial charge in [-0.3, -0.25) is 4.79 Å². The molecule has 0 spiro atoms. The molecule has 0 aliphatic heterocycles. The highest BCUT2D eigenvalue weighted by Gasteiger charge is 2.29. The summed E-state index contributed by atoms with van der Waals surface area (Å²) in [6, 6.07) is 8.51. The molecule has 0 bridgehead atoms. The van der Waals surface area contributed by atoms with Crippen LogP contribution in [-0.4, -0.2) is 24.9 Å². The average molecular weight is 271 g/mol. The molecule has 2 unspecified atom stereocenters. The van der Waals surface area contributed by atoms with Crippen molar-refractivity contribution in [2.75, 3.05) is 13.1 Å². The first kappa shape index (κ1) is 15.5. The van der Waals surface area contributed by atoms with Crippen LogP contribution in [0.1, 0.15) is 18.5 Å². The second kappa shape index (κ2) is 6.58. The van der Waals surface area contributed by atoms with Crippen molar-refractivity contribution in [3.63, 3.8) is 0 Å². The van der Waals surface area contributed by atoms with E-state index in [-0.39, 0.29) is 0 Å². The molecule has 0 radical (unpaired) electrons. The lowest BCUT2D eigenvalue weighted by Gasteiger charge is -2.21. The molecule has 4 nitrogen and oxygen atoms in total. The van der Waals surface area contributed by atoms with Crippen LogP contribution < -0.4 is 16.8 Å². The Hall–Kier alpha value is -1.53. The summed E-state index contributed by atoms with van der Waals surface area (Å²) in [6.07, 6.45) is 0. The van der Waals surface area contributed by atoms with Gasteiger partial charge < -0.3 is 16.8 Å². The Bertz CT molecular complexity index is 412. The van der Waals surface area contributed by atoms with E-state index in [0.717, 1.165) is 5.56 Å². The number of carbonyl (C=O) groups is 1. The first-order valence-corrected chi connectivity index (χ1v) is 6.03. The maximum Gasteiger partial charge on any atom is 0.277 e. The van der Waals surface area contributed by atoms with E-state index in [1.54, 1.807) is 19.1 Å². The minimum atomic E-state index is -3.09. The number of hydrogen-bond acceptors (Lipinski definition) is 3. The zero-order valence-corrected chi connectivity index (χ0v) is 10.8.